The minimum absolute atomic E-state index is 0.0210. The summed E-state index contributed by atoms with van der Waals surface area (Å²) in [7, 11) is -3.06. The monoisotopic (exact) mass is 389 g/mol. The predicted octanol–water partition coefficient (Wildman–Crippen LogP) is 2.01. The molecule has 0 N–H and O–H groups in total. The number of sulfone groups is 1. The van der Waals surface area contributed by atoms with E-state index in [0.29, 0.717) is 18.7 Å². The average Bonchev–Trinajstić information content (AvgIpc) is 2.97. The third-order valence-corrected chi connectivity index (χ3v) is 7.30. The van der Waals surface area contributed by atoms with E-state index in [0.717, 1.165) is 24.3 Å². The fourth-order valence-electron chi connectivity index (χ4n) is 4.23. The van der Waals surface area contributed by atoms with Gasteiger partial charge in [0.15, 0.2) is 9.84 Å². The van der Waals surface area contributed by atoms with E-state index in [1.165, 1.54) is 6.07 Å². The van der Waals surface area contributed by atoms with Gasteiger partial charge in [-0.2, -0.15) is 0 Å². The molecule has 2 aromatic rings. The molecule has 1 aromatic carbocycles. The van der Waals surface area contributed by atoms with Gasteiger partial charge in [-0.25, -0.2) is 12.8 Å². The number of fused-ring (bicyclic) bond motifs is 1. The molecule has 144 valence electrons. The summed E-state index contributed by atoms with van der Waals surface area (Å²) in [5, 5.41) is 0. The first-order valence-corrected chi connectivity index (χ1v) is 11.1. The zero-order valence-corrected chi connectivity index (χ0v) is 16.2. The van der Waals surface area contributed by atoms with Gasteiger partial charge in [-0.05, 0) is 36.2 Å². The van der Waals surface area contributed by atoms with Crippen LogP contribution < -0.4 is 0 Å². The SMILES string of the molecule is Cc1cc(CN2CCN(Cc3ccccn3)[C@@H]3CS(=O)(=O)C[C@@H]32)ccc1F. The molecule has 4 rings (SSSR count). The van der Waals surface area contributed by atoms with Gasteiger partial charge in [0.25, 0.3) is 0 Å². The van der Waals surface area contributed by atoms with E-state index in [4.69, 9.17) is 0 Å². The van der Waals surface area contributed by atoms with Gasteiger partial charge in [0, 0.05) is 44.5 Å². The summed E-state index contributed by atoms with van der Waals surface area (Å²) < 4.78 is 38.3. The second kappa shape index (κ2) is 7.30. The highest BCUT2D eigenvalue weighted by Crippen LogP contribution is 2.29. The van der Waals surface area contributed by atoms with Gasteiger partial charge in [0.1, 0.15) is 5.82 Å². The lowest BCUT2D eigenvalue weighted by atomic mass is 10.0. The number of aryl methyl sites for hydroxylation is 1. The van der Waals surface area contributed by atoms with Crippen LogP contribution in [0, 0.1) is 12.7 Å². The molecule has 0 unspecified atom stereocenters. The number of hydrogen-bond donors (Lipinski definition) is 0. The lowest BCUT2D eigenvalue weighted by Crippen LogP contribution is -2.58. The zero-order valence-electron chi connectivity index (χ0n) is 15.4. The maximum Gasteiger partial charge on any atom is 0.153 e. The predicted molar refractivity (Wildman–Crippen MR) is 102 cm³/mol. The second-order valence-electron chi connectivity index (χ2n) is 7.56. The molecule has 3 heterocycles. The summed E-state index contributed by atoms with van der Waals surface area (Å²) in [5.41, 5.74) is 2.61. The summed E-state index contributed by atoms with van der Waals surface area (Å²) in [6.45, 7) is 4.66. The maximum absolute atomic E-state index is 13.5. The number of nitrogens with zero attached hydrogens (tertiary/aromatic N) is 3. The van der Waals surface area contributed by atoms with Crippen LogP contribution in [0.4, 0.5) is 4.39 Å². The van der Waals surface area contributed by atoms with Crippen LogP contribution in [0.25, 0.3) is 0 Å². The minimum atomic E-state index is -3.06. The van der Waals surface area contributed by atoms with Crippen LogP contribution in [0.15, 0.2) is 42.6 Å². The van der Waals surface area contributed by atoms with Crippen molar-refractivity contribution >= 4 is 9.84 Å². The fraction of sp³-hybridized carbons (Fsp3) is 0.450. The molecule has 0 radical (unpaired) electrons. The van der Waals surface area contributed by atoms with Gasteiger partial charge in [-0.15, -0.1) is 0 Å². The second-order valence-corrected chi connectivity index (χ2v) is 9.71. The summed E-state index contributed by atoms with van der Waals surface area (Å²) in [5.74, 6) is 0.181. The van der Waals surface area contributed by atoms with Crippen molar-refractivity contribution in [3.05, 3.63) is 65.2 Å². The van der Waals surface area contributed by atoms with E-state index in [1.54, 1.807) is 19.2 Å². The third-order valence-electron chi connectivity index (χ3n) is 5.61. The van der Waals surface area contributed by atoms with Crippen molar-refractivity contribution in [1.82, 2.24) is 14.8 Å². The summed E-state index contributed by atoms with van der Waals surface area (Å²) >= 11 is 0. The molecule has 0 aliphatic carbocycles. The van der Waals surface area contributed by atoms with E-state index in [1.807, 2.05) is 24.3 Å². The van der Waals surface area contributed by atoms with Gasteiger partial charge in [-0.1, -0.05) is 18.2 Å². The Morgan fingerprint density at radius 1 is 1.07 bits per heavy atom. The summed E-state index contributed by atoms with van der Waals surface area (Å²) in [4.78, 5) is 8.89. The number of hydrogen-bond acceptors (Lipinski definition) is 5. The largest absolute Gasteiger partial charge is 0.292 e. The Balaban J connectivity index is 1.53. The molecule has 2 atom stereocenters. The molecule has 0 spiro atoms. The van der Waals surface area contributed by atoms with Crippen molar-refractivity contribution in [3.8, 4) is 0 Å². The zero-order chi connectivity index (χ0) is 19.0. The van der Waals surface area contributed by atoms with Crippen LogP contribution in [-0.4, -0.2) is 59.9 Å². The van der Waals surface area contributed by atoms with Crippen molar-refractivity contribution in [3.63, 3.8) is 0 Å². The average molecular weight is 389 g/mol. The molecule has 0 amide bonds. The molecule has 1 aromatic heterocycles. The molecule has 2 fully saturated rings. The number of benzene rings is 1. The van der Waals surface area contributed by atoms with Gasteiger partial charge < -0.3 is 0 Å². The number of halogens is 1. The molecule has 5 nitrogen and oxygen atoms in total. The van der Waals surface area contributed by atoms with E-state index in [2.05, 4.69) is 14.8 Å². The number of pyridine rings is 1. The van der Waals surface area contributed by atoms with Crippen LogP contribution in [0.2, 0.25) is 0 Å². The van der Waals surface area contributed by atoms with Crippen LogP contribution >= 0.6 is 0 Å². The fourth-order valence-corrected chi connectivity index (χ4v) is 6.27. The Bertz CT molecular complexity index is 920. The number of aromatic nitrogens is 1. The Labute approximate surface area is 159 Å². The minimum Gasteiger partial charge on any atom is -0.292 e. The molecule has 0 saturated carbocycles. The molecule has 7 heteroatoms. The summed E-state index contributed by atoms with van der Waals surface area (Å²) in [6, 6.07) is 10.9. The lowest BCUT2D eigenvalue weighted by molar-refractivity contribution is 0.0347. The molecule has 2 aliphatic rings. The Kier molecular flexibility index (Phi) is 5.01. The van der Waals surface area contributed by atoms with E-state index in [-0.39, 0.29) is 29.4 Å². The quantitative estimate of drug-likeness (QED) is 0.801. The first kappa shape index (κ1) is 18.5. The van der Waals surface area contributed by atoms with E-state index in [9.17, 15) is 12.8 Å². The molecule has 2 saturated heterocycles. The standard InChI is InChI=1S/C20H24FN3O2S/c1-15-10-16(5-6-18(15)21)11-23-8-9-24(12-17-4-2-3-7-22-17)20-14-27(25,26)13-19(20)23/h2-7,10,19-20H,8-9,11-14H2,1H3/t19-,20+/m0/s1. The molecule has 27 heavy (non-hydrogen) atoms. The molecular weight excluding hydrogens is 365 g/mol. The van der Waals surface area contributed by atoms with Gasteiger partial charge in [0.2, 0.25) is 0 Å². The first-order valence-electron chi connectivity index (χ1n) is 9.25. The molecule has 0 bridgehead atoms. The topological polar surface area (TPSA) is 53.5 Å². The van der Waals surface area contributed by atoms with Crippen LogP contribution in [0.5, 0.6) is 0 Å². The van der Waals surface area contributed by atoms with Crippen molar-refractivity contribution in [2.75, 3.05) is 24.6 Å². The van der Waals surface area contributed by atoms with E-state index < -0.39 is 9.84 Å². The Morgan fingerprint density at radius 2 is 1.78 bits per heavy atom. The van der Waals surface area contributed by atoms with Gasteiger partial charge in [-0.3, -0.25) is 14.8 Å². The van der Waals surface area contributed by atoms with Crippen molar-refractivity contribution in [2.45, 2.75) is 32.1 Å². The van der Waals surface area contributed by atoms with Crippen LogP contribution in [-0.2, 0) is 22.9 Å². The normalized spacial score (nSPS) is 25.4. The highest BCUT2D eigenvalue weighted by Gasteiger charge is 2.46. The van der Waals surface area contributed by atoms with Gasteiger partial charge >= 0.3 is 0 Å². The number of rotatable bonds is 4. The van der Waals surface area contributed by atoms with Crippen molar-refractivity contribution in [2.24, 2.45) is 0 Å². The summed E-state index contributed by atoms with van der Waals surface area (Å²) in [6.07, 6.45) is 1.77. The maximum atomic E-state index is 13.5. The van der Waals surface area contributed by atoms with Crippen molar-refractivity contribution in [1.29, 1.82) is 0 Å². The van der Waals surface area contributed by atoms with Crippen molar-refractivity contribution < 1.29 is 12.8 Å². The van der Waals surface area contributed by atoms with Gasteiger partial charge in [0.05, 0.1) is 17.2 Å². The third kappa shape index (κ3) is 4.05. The number of piperazine rings is 1. The van der Waals surface area contributed by atoms with Crippen LogP contribution in [0.1, 0.15) is 16.8 Å². The van der Waals surface area contributed by atoms with E-state index >= 15 is 0 Å². The smallest absolute Gasteiger partial charge is 0.153 e. The Hall–Kier alpha value is -1.83. The molecule has 2 aliphatic heterocycles. The first-order chi connectivity index (χ1) is 12.9. The lowest BCUT2D eigenvalue weighted by Gasteiger charge is -2.44. The Morgan fingerprint density at radius 3 is 2.41 bits per heavy atom. The highest BCUT2D eigenvalue weighted by atomic mass is 32.2. The highest BCUT2D eigenvalue weighted by molar-refractivity contribution is 7.91. The van der Waals surface area contributed by atoms with Crippen LogP contribution in [0.3, 0.4) is 0 Å². The molecular formula is C20H24FN3O2S.